The number of aryl methyl sites for hydroxylation is 1. The van der Waals surface area contributed by atoms with Crippen molar-refractivity contribution < 1.29 is 4.79 Å². The van der Waals surface area contributed by atoms with Gasteiger partial charge < -0.3 is 9.88 Å². The zero-order valence-electron chi connectivity index (χ0n) is 11.8. The third kappa shape index (κ3) is 2.93. The number of amides is 1. The summed E-state index contributed by atoms with van der Waals surface area (Å²) < 4.78 is 0. The number of carbonyl (C=O) groups excluding carboxylic acids is 1. The number of nitrogens with one attached hydrogen (secondary N) is 1. The zero-order valence-corrected chi connectivity index (χ0v) is 12.6. The molecule has 0 spiro atoms. The van der Waals surface area contributed by atoms with Gasteiger partial charge in [0.05, 0.1) is 5.02 Å². The number of hydrogen-bond acceptors (Lipinski definition) is 3. The second-order valence-electron chi connectivity index (χ2n) is 5.39. The zero-order chi connectivity index (χ0) is 14.8. The molecule has 1 fully saturated rings. The predicted octanol–water partition coefficient (Wildman–Crippen LogP) is 2.79. The second kappa shape index (κ2) is 5.85. The van der Waals surface area contributed by atoms with Gasteiger partial charge in [-0.2, -0.15) is 0 Å². The Kier molecular flexibility index (Phi) is 3.92. The van der Waals surface area contributed by atoms with Crippen molar-refractivity contribution in [1.29, 1.82) is 0 Å². The lowest BCUT2D eigenvalue weighted by Gasteiger charge is -2.31. The molecule has 0 aromatic carbocycles. The largest absolute Gasteiger partial charge is 0.356 e. The van der Waals surface area contributed by atoms with Gasteiger partial charge in [-0.15, -0.1) is 0 Å². The highest BCUT2D eigenvalue weighted by Gasteiger charge is 2.26. The third-order valence-corrected chi connectivity index (χ3v) is 4.20. The molecule has 1 amide bonds. The molecule has 0 radical (unpaired) electrons. The molecular formula is C15H17ClN4O. The number of likely N-dealkylation sites (tertiary alicyclic amines) is 1. The van der Waals surface area contributed by atoms with Gasteiger partial charge in [0.1, 0.15) is 12.0 Å². The van der Waals surface area contributed by atoms with Crippen LogP contribution in [-0.4, -0.2) is 38.8 Å². The Balaban J connectivity index is 1.65. The molecule has 21 heavy (non-hydrogen) atoms. The lowest BCUT2D eigenvalue weighted by Crippen LogP contribution is -2.38. The average molecular weight is 305 g/mol. The second-order valence-corrected chi connectivity index (χ2v) is 5.83. The van der Waals surface area contributed by atoms with E-state index in [-0.39, 0.29) is 5.91 Å². The number of carbonyl (C=O) groups is 1. The smallest absolute Gasteiger partial charge is 0.270 e. The summed E-state index contributed by atoms with van der Waals surface area (Å²) in [7, 11) is 0. The van der Waals surface area contributed by atoms with E-state index in [1.165, 1.54) is 0 Å². The first kappa shape index (κ1) is 14.1. The van der Waals surface area contributed by atoms with Gasteiger partial charge in [0, 0.05) is 37.1 Å². The molecule has 0 unspecified atom stereocenters. The normalized spacial score (nSPS) is 16.2. The van der Waals surface area contributed by atoms with Gasteiger partial charge in [-0.3, -0.25) is 4.79 Å². The Morgan fingerprint density at radius 2 is 2.19 bits per heavy atom. The van der Waals surface area contributed by atoms with Crippen molar-refractivity contribution in [2.24, 2.45) is 0 Å². The maximum atomic E-state index is 12.3. The minimum atomic E-state index is 0.0137. The summed E-state index contributed by atoms with van der Waals surface area (Å²) in [6.07, 6.45) is 6.93. The van der Waals surface area contributed by atoms with Crippen molar-refractivity contribution in [2.75, 3.05) is 13.1 Å². The molecule has 6 heteroatoms. The van der Waals surface area contributed by atoms with Gasteiger partial charge in [-0.25, -0.2) is 9.97 Å². The number of piperidine rings is 1. The highest BCUT2D eigenvalue weighted by atomic mass is 35.5. The van der Waals surface area contributed by atoms with Crippen LogP contribution in [0.1, 0.15) is 40.5 Å². The molecule has 1 saturated heterocycles. The number of rotatable bonds is 2. The number of aromatic nitrogens is 3. The van der Waals surface area contributed by atoms with Gasteiger partial charge in [0.15, 0.2) is 0 Å². The number of nitrogens with zero attached hydrogens (tertiary/aromatic N) is 3. The molecule has 3 heterocycles. The van der Waals surface area contributed by atoms with Crippen molar-refractivity contribution in [3.8, 4) is 0 Å². The molecule has 0 bridgehead atoms. The van der Waals surface area contributed by atoms with Gasteiger partial charge >= 0.3 is 0 Å². The molecule has 1 aliphatic rings. The summed E-state index contributed by atoms with van der Waals surface area (Å²) in [5.74, 6) is 0.420. The lowest BCUT2D eigenvalue weighted by molar-refractivity contribution is 0.0706. The third-order valence-electron chi connectivity index (χ3n) is 3.98. The van der Waals surface area contributed by atoms with Gasteiger partial charge in [0.2, 0.25) is 0 Å². The Hall–Kier alpha value is -1.88. The van der Waals surface area contributed by atoms with Crippen LogP contribution in [0.25, 0.3) is 0 Å². The van der Waals surface area contributed by atoms with Crippen LogP contribution in [0.5, 0.6) is 0 Å². The number of H-pyrrole nitrogens is 1. The van der Waals surface area contributed by atoms with Crippen LogP contribution < -0.4 is 0 Å². The molecular weight excluding hydrogens is 288 g/mol. The van der Waals surface area contributed by atoms with Crippen molar-refractivity contribution in [2.45, 2.75) is 25.7 Å². The summed E-state index contributed by atoms with van der Waals surface area (Å²) in [6.45, 7) is 3.51. The first-order chi connectivity index (χ1) is 10.1. The minimum absolute atomic E-state index is 0.0137. The van der Waals surface area contributed by atoms with Crippen LogP contribution in [0.15, 0.2) is 24.8 Å². The molecule has 1 aliphatic heterocycles. The Morgan fingerprint density at radius 3 is 2.81 bits per heavy atom. The van der Waals surface area contributed by atoms with Crippen molar-refractivity contribution in [3.05, 3.63) is 46.8 Å². The van der Waals surface area contributed by atoms with Crippen molar-refractivity contribution in [1.82, 2.24) is 19.9 Å². The first-order valence-corrected chi connectivity index (χ1v) is 7.42. The van der Waals surface area contributed by atoms with E-state index in [4.69, 9.17) is 11.6 Å². The van der Waals surface area contributed by atoms with Crippen LogP contribution in [0.2, 0.25) is 5.02 Å². The van der Waals surface area contributed by atoms with Crippen LogP contribution in [0.3, 0.4) is 0 Å². The molecule has 110 valence electrons. The standard InChI is InChI=1S/C15H17ClN4O/c1-10-7-17-9-19-14(10)11-2-4-20(5-3-11)15(21)13-6-12(16)8-18-13/h6-9,11,18H,2-5H2,1H3. The SMILES string of the molecule is Cc1cncnc1C1CCN(C(=O)c2cc(Cl)c[nH]2)CC1. The molecule has 5 nitrogen and oxygen atoms in total. The summed E-state index contributed by atoms with van der Waals surface area (Å²) in [5.41, 5.74) is 2.79. The van der Waals surface area contributed by atoms with E-state index in [0.717, 1.165) is 37.2 Å². The van der Waals surface area contributed by atoms with E-state index in [2.05, 4.69) is 15.0 Å². The molecule has 1 N–H and O–H groups in total. The number of hydrogen-bond donors (Lipinski definition) is 1. The van der Waals surface area contributed by atoms with E-state index in [1.54, 1.807) is 18.6 Å². The maximum Gasteiger partial charge on any atom is 0.270 e. The van der Waals surface area contributed by atoms with Crippen LogP contribution in [-0.2, 0) is 0 Å². The minimum Gasteiger partial charge on any atom is -0.356 e. The molecule has 0 saturated carbocycles. The van der Waals surface area contributed by atoms with E-state index in [1.807, 2.05) is 18.0 Å². The maximum absolute atomic E-state index is 12.3. The van der Waals surface area contributed by atoms with Gasteiger partial charge in [-0.05, 0) is 31.4 Å². The molecule has 2 aromatic heterocycles. The first-order valence-electron chi connectivity index (χ1n) is 7.05. The van der Waals surface area contributed by atoms with E-state index in [9.17, 15) is 4.79 Å². The van der Waals surface area contributed by atoms with E-state index >= 15 is 0 Å². The fourth-order valence-electron chi connectivity index (χ4n) is 2.85. The lowest BCUT2D eigenvalue weighted by atomic mass is 9.91. The summed E-state index contributed by atoms with van der Waals surface area (Å²) >= 11 is 5.85. The van der Waals surface area contributed by atoms with Crippen LogP contribution in [0, 0.1) is 6.92 Å². The predicted molar refractivity (Wildman–Crippen MR) is 80.5 cm³/mol. The highest BCUT2D eigenvalue weighted by molar-refractivity contribution is 6.30. The fraction of sp³-hybridized carbons (Fsp3) is 0.400. The molecule has 0 aliphatic carbocycles. The fourth-order valence-corrected chi connectivity index (χ4v) is 3.02. The van der Waals surface area contributed by atoms with Gasteiger partial charge in [-0.1, -0.05) is 11.6 Å². The van der Waals surface area contributed by atoms with E-state index in [0.29, 0.717) is 16.6 Å². The van der Waals surface area contributed by atoms with Crippen LogP contribution in [0.4, 0.5) is 0 Å². The Morgan fingerprint density at radius 1 is 1.43 bits per heavy atom. The highest BCUT2D eigenvalue weighted by Crippen LogP contribution is 2.28. The summed E-state index contributed by atoms with van der Waals surface area (Å²) in [4.78, 5) is 25.5. The quantitative estimate of drug-likeness (QED) is 0.928. The molecule has 3 rings (SSSR count). The summed E-state index contributed by atoms with van der Waals surface area (Å²) in [5, 5.41) is 0.560. The van der Waals surface area contributed by atoms with Gasteiger partial charge in [0.25, 0.3) is 5.91 Å². The Labute approximate surface area is 128 Å². The van der Waals surface area contributed by atoms with E-state index < -0.39 is 0 Å². The Bertz CT molecular complexity index is 647. The van der Waals surface area contributed by atoms with Crippen molar-refractivity contribution >= 4 is 17.5 Å². The molecule has 0 atom stereocenters. The molecule has 2 aromatic rings. The topological polar surface area (TPSA) is 61.9 Å². The van der Waals surface area contributed by atoms with Crippen molar-refractivity contribution in [3.63, 3.8) is 0 Å². The number of aromatic amines is 1. The summed E-state index contributed by atoms with van der Waals surface area (Å²) in [6, 6.07) is 1.67. The monoisotopic (exact) mass is 304 g/mol. The average Bonchev–Trinajstić information content (AvgIpc) is 2.94. The van der Waals surface area contributed by atoms with Crippen LogP contribution >= 0.6 is 11.6 Å². The number of halogens is 1.